The lowest BCUT2D eigenvalue weighted by Crippen LogP contribution is -2.48. The Kier molecular flexibility index (Phi) is 7.02. The Morgan fingerprint density at radius 3 is 1.97 bits per heavy atom. The first kappa shape index (κ1) is 25.3. The maximum Gasteiger partial charge on any atom is 0.357 e. The largest absolute Gasteiger partial charge is 0.363 e. The lowest BCUT2D eigenvalue weighted by molar-refractivity contribution is -0.385. The SMILES string of the molecule is C=CCn1c(=O)c([N+](=O)[O-])c(N2CCN(C(c3ccc(F)cc3)c3ccc(F)cc3)CC2)c2ccccc21. The van der Waals surface area contributed by atoms with Gasteiger partial charge in [0.15, 0.2) is 0 Å². The Morgan fingerprint density at radius 1 is 0.895 bits per heavy atom. The highest BCUT2D eigenvalue weighted by molar-refractivity contribution is 5.96. The minimum atomic E-state index is -0.665. The third-order valence-corrected chi connectivity index (χ3v) is 6.98. The third kappa shape index (κ3) is 4.68. The van der Waals surface area contributed by atoms with Crippen molar-refractivity contribution in [1.82, 2.24) is 9.47 Å². The van der Waals surface area contributed by atoms with Crippen LogP contribution in [-0.2, 0) is 6.54 Å². The Hall–Kier alpha value is -4.37. The highest BCUT2D eigenvalue weighted by Gasteiger charge is 2.33. The van der Waals surface area contributed by atoms with Crippen molar-refractivity contribution in [1.29, 1.82) is 0 Å². The number of nitrogens with zero attached hydrogens (tertiary/aromatic N) is 4. The number of nitro groups is 1. The number of pyridine rings is 1. The molecule has 194 valence electrons. The summed E-state index contributed by atoms with van der Waals surface area (Å²) in [5.74, 6) is -0.691. The van der Waals surface area contributed by atoms with Gasteiger partial charge in [-0.15, -0.1) is 6.58 Å². The lowest BCUT2D eigenvalue weighted by Gasteiger charge is -2.40. The summed E-state index contributed by atoms with van der Waals surface area (Å²) in [5, 5.41) is 12.8. The molecule has 1 aliphatic rings. The summed E-state index contributed by atoms with van der Waals surface area (Å²) in [6.07, 6.45) is 1.54. The predicted molar refractivity (Wildman–Crippen MR) is 143 cm³/mol. The van der Waals surface area contributed by atoms with Gasteiger partial charge in [-0.1, -0.05) is 48.5 Å². The molecule has 0 atom stereocenters. The standard InChI is InChI=1S/C29H26F2N4O3/c1-2-15-34-25-6-4-3-5-24(25)27(28(29(34)36)35(37)38)33-18-16-32(17-19-33)26(20-7-11-22(30)12-8-20)21-9-13-23(31)14-10-21/h2-14,26H,1,15-19H2. The molecule has 5 rings (SSSR count). The second kappa shape index (κ2) is 10.5. The summed E-state index contributed by atoms with van der Waals surface area (Å²) in [6, 6.07) is 19.4. The smallest absolute Gasteiger partial charge is 0.357 e. The van der Waals surface area contributed by atoms with Gasteiger partial charge in [0.2, 0.25) is 0 Å². The van der Waals surface area contributed by atoms with Crippen molar-refractivity contribution in [2.45, 2.75) is 12.6 Å². The zero-order valence-corrected chi connectivity index (χ0v) is 20.6. The molecule has 0 saturated carbocycles. The number of anilines is 1. The highest BCUT2D eigenvalue weighted by atomic mass is 19.1. The van der Waals surface area contributed by atoms with E-state index in [2.05, 4.69) is 11.5 Å². The monoisotopic (exact) mass is 516 g/mol. The van der Waals surface area contributed by atoms with Crippen molar-refractivity contribution in [2.75, 3.05) is 31.1 Å². The Labute approximate surface area is 218 Å². The van der Waals surface area contributed by atoms with Gasteiger partial charge in [-0.25, -0.2) is 8.78 Å². The van der Waals surface area contributed by atoms with Crippen LogP contribution in [0.3, 0.4) is 0 Å². The van der Waals surface area contributed by atoms with E-state index < -0.39 is 16.2 Å². The van der Waals surface area contributed by atoms with E-state index in [0.29, 0.717) is 42.8 Å². The molecule has 0 aliphatic carbocycles. The number of halogens is 2. The van der Waals surface area contributed by atoms with Crippen LogP contribution in [0.2, 0.25) is 0 Å². The topological polar surface area (TPSA) is 71.6 Å². The second-order valence-corrected chi connectivity index (χ2v) is 9.20. The van der Waals surface area contributed by atoms with Crippen molar-refractivity contribution >= 4 is 22.3 Å². The molecule has 0 amide bonds. The van der Waals surface area contributed by atoms with Gasteiger partial charge in [0.1, 0.15) is 17.3 Å². The quantitative estimate of drug-likeness (QED) is 0.190. The Morgan fingerprint density at radius 2 is 1.45 bits per heavy atom. The molecule has 4 aromatic rings. The van der Waals surface area contributed by atoms with Gasteiger partial charge in [0.25, 0.3) is 0 Å². The van der Waals surface area contributed by atoms with E-state index in [-0.39, 0.29) is 24.2 Å². The summed E-state index contributed by atoms with van der Waals surface area (Å²) < 4.78 is 28.7. The molecule has 3 aromatic carbocycles. The number of hydrogen-bond acceptors (Lipinski definition) is 5. The van der Waals surface area contributed by atoms with Crippen molar-refractivity contribution in [2.24, 2.45) is 0 Å². The molecule has 2 heterocycles. The zero-order chi connectivity index (χ0) is 26.8. The van der Waals surface area contributed by atoms with Crippen LogP contribution in [0.25, 0.3) is 10.9 Å². The van der Waals surface area contributed by atoms with Gasteiger partial charge in [-0.05, 0) is 41.5 Å². The predicted octanol–water partition coefficient (Wildman–Crippen LogP) is 5.29. The van der Waals surface area contributed by atoms with Gasteiger partial charge in [0, 0.05) is 38.1 Å². The number of benzene rings is 3. The van der Waals surface area contributed by atoms with Crippen LogP contribution in [0.4, 0.5) is 20.2 Å². The zero-order valence-electron chi connectivity index (χ0n) is 20.6. The molecule has 9 heteroatoms. The van der Waals surface area contributed by atoms with Gasteiger partial charge >= 0.3 is 11.2 Å². The molecule has 0 radical (unpaired) electrons. The van der Waals surface area contributed by atoms with E-state index in [1.807, 2.05) is 4.90 Å². The summed E-state index contributed by atoms with van der Waals surface area (Å²) in [7, 11) is 0. The van der Waals surface area contributed by atoms with Crippen molar-refractivity contribution in [3.63, 3.8) is 0 Å². The number of para-hydroxylation sites is 1. The van der Waals surface area contributed by atoms with Gasteiger partial charge < -0.3 is 4.90 Å². The summed E-state index contributed by atoms with van der Waals surface area (Å²) >= 11 is 0. The molecule has 0 N–H and O–H groups in total. The highest BCUT2D eigenvalue weighted by Crippen LogP contribution is 2.36. The Balaban J connectivity index is 1.52. The first-order valence-corrected chi connectivity index (χ1v) is 12.3. The van der Waals surface area contributed by atoms with Crippen LogP contribution >= 0.6 is 0 Å². The lowest BCUT2D eigenvalue weighted by atomic mass is 9.96. The van der Waals surface area contributed by atoms with E-state index in [4.69, 9.17) is 0 Å². The number of piperazine rings is 1. The minimum absolute atomic E-state index is 0.158. The number of aromatic nitrogens is 1. The van der Waals surface area contributed by atoms with Gasteiger partial charge in [-0.2, -0.15) is 0 Å². The summed E-state index contributed by atoms with van der Waals surface area (Å²) in [5.41, 5.74) is 1.52. The fourth-order valence-corrected chi connectivity index (χ4v) is 5.28. The van der Waals surface area contributed by atoms with Crippen molar-refractivity contribution < 1.29 is 13.7 Å². The molecule has 38 heavy (non-hydrogen) atoms. The van der Waals surface area contributed by atoms with Gasteiger partial charge in [-0.3, -0.25) is 24.4 Å². The number of rotatable bonds is 7. The van der Waals surface area contributed by atoms with E-state index >= 15 is 0 Å². The summed E-state index contributed by atoms with van der Waals surface area (Å²) in [4.78, 5) is 28.9. The molecule has 0 bridgehead atoms. The average molecular weight is 517 g/mol. The first-order valence-electron chi connectivity index (χ1n) is 12.3. The molecular weight excluding hydrogens is 490 g/mol. The summed E-state index contributed by atoms with van der Waals surface area (Å²) in [6.45, 7) is 5.73. The minimum Gasteiger partial charge on any atom is -0.363 e. The maximum absolute atomic E-state index is 13.7. The molecule has 1 saturated heterocycles. The molecule has 0 spiro atoms. The normalized spacial score (nSPS) is 14.2. The molecule has 0 unspecified atom stereocenters. The van der Waals surface area contributed by atoms with E-state index in [1.54, 1.807) is 54.6 Å². The molecule has 7 nitrogen and oxygen atoms in total. The van der Waals surface area contributed by atoms with Crippen LogP contribution in [0.5, 0.6) is 0 Å². The number of allylic oxidation sites excluding steroid dienone is 1. The fourth-order valence-electron chi connectivity index (χ4n) is 5.28. The van der Waals surface area contributed by atoms with Crippen molar-refractivity contribution in [3.05, 3.63) is 129 Å². The molecule has 1 aromatic heterocycles. The van der Waals surface area contributed by atoms with Crippen LogP contribution in [0.15, 0.2) is 90.2 Å². The van der Waals surface area contributed by atoms with E-state index in [0.717, 1.165) is 11.1 Å². The third-order valence-electron chi connectivity index (χ3n) is 6.98. The van der Waals surface area contributed by atoms with Gasteiger partial charge in [0.05, 0.1) is 16.5 Å². The molecular formula is C29H26F2N4O3. The average Bonchev–Trinajstić information content (AvgIpc) is 2.92. The molecule has 1 fully saturated rings. The molecule has 1 aliphatic heterocycles. The van der Waals surface area contributed by atoms with Crippen molar-refractivity contribution in [3.8, 4) is 0 Å². The van der Waals surface area contributed by atoms with Crippen LogP contribution in [0.1, 0.15) is 17.2 Å². The second-order valence-electron chi connectivity index (χ2n) is 9.20. The Bertz CT molecular complexity index is 1500. The van der Waals surface area contributed by atoms with Crippen LogP contribution in [0, 0.1) is 21.7 Å². The van der Waals surface area contributed by atoms with Crippen LogP contribution < -0.4 is 10.5 Å². The number of fused-ring (bicyclic) bond motifs is 1. The maximum atomic E-state index is 13.7. The fraction of sp³-hybridized carbons (Fsp3) is 0.207. The van der Waals surface area contributed by atoms with E-state index in [1.165, 1.54) is 28.8 Å². The first-order chi connectivity index (χ1) is 18.4. The van der Waals surface area contributed by atoms with Crippen LogP contribution in [-0.4, -0.2) is 40.6 Å². The van der Waals surface area contributed by atoms with E-state index in [9.17, 15) is 23.7 Å². The number of hydrogen-bond donors (Lipinski definition) is 0.